The van der Waals surface area contributed by atoms with Crippen molar-refractivity contribution in [2.45, 2.75) is 11.4 Å². The number of ether oxygens (including phenoxy) is 2. The molecule has 0 aromatic carbocycles. The molecule has 2 aliphatic rings. The van der Waals surface area contributed by atoms with E-state index in [4.69, 9.17) is 9.47 Å². The number of thioether (sulfide) groups is 1. The van der Waals surface area contributed by atoms with Gasteiger partial charge in [0.1, 0.15) is 0 Å². The average Bonchev–Trinajstić information content (AvgIpc) is 2.15. The summed E-state index contributed by atoms with van der Waals surface area (Å²) in [5, 5.41) is 0.648. The van der Waals surface area contributed by atoms with Crippen LogP contribution in [0.4, 0.5) is 0 Å². The molecule has 0 saturated carbocycles. The lowest BCUT2D eigenvalue weighted by Crippen LogP contribution is -2.15. The zero-order chi connectivity index (χ0) is 5.40. The highest BCUT2D eigenvalue weighted by atomic mass is 32.2. The summed E-state index contributed by atoms with van der Waals surface area (Å²) >= 11 is 1.87. The lowest BCUT2D eigenvalue weighted by Gasteiger charge is -1.99. The highest BCUT2D eigenvalue weighted by Crippen LogP contribution is 2.30. The highest BCUT2D eigenvalue weighted by molar-refractivity contribution is 8.00. The lowest BCUT2D eigenvalue weighted by molar-refractivity contribution is 0.0823. The average molecular weight is 132 g/mol. The molecule has 0 spiro atoms. The zero-order valence-corrected chi connectivity index (χ0v) is 5.32. The van der Waals surface area contributed by atoms with Gasteiger partial charge in [0.25, 0.3) is 0 Å². The van der Waals surface area contributed by atoms with Crippen LogP contribution in [-0.2, 0) is 9.47 Å². The topological polar surface area (TPSA) is 18.5 Å². The predicted molar refractivity (Wildman–Crippen MR) is 31.9 cm³/mol. The van der Waals surface area contributed by atoms with Crippen LogP contribution in [0.1, 0.15) is 0 Å². The van der Waals surface area contributed by atoms with E-state index in [2.05, 4.69) is 0 Å². The van der Waals surface area contributed by atoms with E-state index in [9.17, 15) is 0 Å². The number of hydrogen-bond donors (Lipinski definition) is 0. The van der Waals surface area contributed by atoms with E-state index >= 15 is 0 Å². The Kier molecular flexibility index (Phi) is 1.21. The Hall–Kier alpha value is 0.270. The van der Waals surface area contributed by atoms with Crippen LogP contribution >= 0.6 is 11.8 Å². The molecule has 2 fully saturated rings. The predicted octanol–water partition coefficient (Wildman–Crippen LogP) is 0.475. The lowest BCUT2D eigenvalue weighted by atomic mass is 10.3. The first-order chi connectivity index (χ1) is 3.97. The summed E-state index contributed by atoms with van der Waals surface area (Å²) in [6, 6.07) is 0. The first kappa shape index (κ1) is 5.09. The van der Waals surface area contributed by atoms with Crippen molar-refractivity contribution in [2.75, 3.05) is 19.2 Å². The monoisotopic (exact) mass is 132 g/mol. The van der Waals surface area contributed by atoms with Gasteiger partial charge in [0, 0.05) is 0 Å². The van der Waals surface area contributed by atoms with Crippen LogP contribution in [0.25, 0.3) is 0 Å². The molecular weight excluding hydrogens is 124 g/mol. The fourth-order valence-electron chi connectivity index (χ4n) is 1.04. The van der Waals surface area contributed by atoms with Crippen LogP contribution in [-0.4, -0.2) is 30.5 Å². The van der Waals surface area contributed by atoms with Gasteiger partial charge in [0.2, 0.25) is 0 Å². The van der Waals surface area contributed by atoms with Crippen molar-refractivity contribution in [2.24, 2.45) is 0 Å². The fraction of sp³-hybridized carbons (Fsp3) is 1.00. The molecule has 0 N–H and O–H groups in total. The van der Waals surface area contributed by atoms with Crippen molar-refractivity contribution in [3.8, 4) is 0 Å². The van der Waals surface area contributed by atoms with Crippen LogP contribution < -0.4 is 0 Å². The molecule has 0 radical (unpaired) electrons. The van der Waals surface area contributed by atoms with Gasteiger partial charge < -0.3 is 9.47 Å². The normalized spacial score (nSPS) is 45.0. The van der Waals surface area contributed by atoms with Gasteiger partial charge in [0.15, 0.2) is 0 Å². The van der Waals surface area contributed by atoms with Gasteiger partial charge in [-0.25, -0.2) is 0 Å². The van der Waals surface area contributed by atoms with Crippen molar-refractivity contribution in [3.05, 3.63) is 0 Å². The van der Waals surface area contributed by atoms with E-state index in [0.717, 1.165) is 19.2 Å². The maximum atomic E-state index is 5.31. The summed E-state index contributed by atoms with van der Waals surface area (Å²) in [6.07, 6.45) is 0.417. The zero-order valence-electron chi connectivity index (χ0n) is 4.50. The molecule has 8 heavy (non-hydrogen) atoms. The van der Waals surface area contributed by atoms with Gasteiger partial charge in [-0.05, 0) is 0 Å². The third-order valence-electron chi connectivity index (χ3n) is 1.54. The van der Waals surface area contributed by atoms with E-state index in [1.54, 1.807) is 0 Å². The molecule has 0 aliphatic carbocycles. The molecule has 0 aromatic rings. The molecule has 2 heterocycles. The molecule has 2 saturated heterocycles. The van der Waals surface area contributed by atoms with Crippen molar-refractivity contribution in [1.29, 1.82) is 0 Å². The van der Waals surface area contributed by atoms with Crippen LogP contribution in [0.5, 0.6) is 0 Å². The highest BCUT2D eigenvalue weighted by Gasteiger charge is 2.33. The summed E-state index contributed by atoms with van der Waals surface area (Å²) in [5.74, 6) is 0.874. The minimum absolute atomic E-state index is 0.417. The maximum Gasteiger partial charge on any atom is 0.0961 e. The minimum atomic E-state index is 0.417. The van der Waals surface area contributed by atoms with E-state index in [1.165, 1.54) is 0 Å². The van der Waals surface area contributed by atoms with Crippen LogP contribution in [0, 0.1) is 0 Å². The molecule has 3 heteroatoms. The van der Waals surface area contributed by atoms with E-state index < -0.39 is 0 Å². The Morgan fingerprint density at radius 3 is 3.25 bits per heavy atom. The van der Waals surface area contributed by atoms with Gasteiger partial charge in [-0.2, -0.15) is 0 Å². The Bertz CT molecular complexity index is 76.4. The first-order valence-corrected chi connectivity index (χ1v) is 3.82. The third kappa shape index (κ3) is 0.658. The van der Waals surface area contributed by atoms with Crippen LogP contribution in [0.2, 0.25) is 0 Å². The van der Waals surface area contributed by atoms with Crippen LogP contribution in [0.3, 0.4) is 0 Å². The second kappa shape index (κ2) is 1.90. The van der Waals surface area contributed by atoms with Gasteiger partial charge in [-0.3, -0.25) is 0 Å². The minimum Gasteiger partial charge on any atom is -0.377 e. The number of fused-ring (bicyclic) bond motifs is 1. The van der Waals surface area contributed by atoms with Gasteiger partial charge in [0.05, 0.1) is 30.5 Å². The Balaban J connectivity index is 2.04. The Morgan fingerprint density at radius 1 is 1.38 bits per heavy atom. The summed E-state index contributed by atoms with van der Waals surface area (Å²) in [7, 11) is 0. The summed E-state index contributed by atoms with van der Waals surface area (Å²) < 4.78 is 10.5. The second-order valence-corrected chi connectivity index (χ2v) is 3.24. The standard InChI is InChI=1S/C5H8O2S/c1-4-5(2-6-1)8-3-7-4/h4-5H,1-3H2. The molecule has 2 aliphatic heterocycles. The molecule has 2 unspecified atom stereocenters. The summed E-state index contributed by atoms with van der Waals surface area (Å²) in [4.78, 5) is 0. The summed E-state index contributed by atoms with van der Waals surface area (Å²) in [5.41, 5.74) is 0. The smallest absolute Gasteiger partial charge is 0.0961 e. The Labute approximate surface area is 52.5 Å². The number of hydrogen-bond acceptors (Lipinski definition) is 3. The van der Waals surface area contributed by atoms with E-state index in [-0.39, 0.29) is 0 Å². The van der Waals surface area contributed by atoms with E-state index in [0.29, 0.717) is 11.4 Å². The fourth-order valence-corrected chi connectivity index (χ4v) is 2.03. The molecular formula is C5H8O2S. The second-order valence-electron chi connectivity index (χ2n) is 2.07. The third-order valence-corrected chi connectivity index (χ3v) is 2.68. The molecule has 0 aromatic heterocycles. The molecule has 46 valence electrons. The molecule has 2 atom stereocenters. The number of rotatable bonds is 0. The molecule has 2 rings (SSSR count). The molecule has 2 nitrogen and oxygen atoms in total. The van der Waals surface area contributed by atoms with Crippen molar-refractivity contribution >= 4 is 11.8 Å². The molecule has 0 bridgehead atoms. The van der Waals surface area contributed by atoms with Gasteiger partial charge in [-0.15, -0.1) is 11.8 Å². The van der Waals surface area contributed by atoms with Crippen molar-refractivity contribution in [3.63, 3.8) is 0 Å². The first-order valence-electron chi connectivity index (χ1n) is 2.78. The van der Waals surface area contributed by atoms with Crippen LogP contribution in [0.15, 0.2) is 0 Å². The van der Waals surface area contributed by atoms with Gasteiger partial charge >= 0.3 is 0 Å². The maximum absolute atomic E-state index is 5.31. The quantitative estimate of drug-likeness (QED) is 0.477. The van der Waals surface area contributed by atoms with Crippen molar-refractivity contribution in [1.82, 2.24) is 0 Å². The summed E-state index contributed by atoms with van der Waals surface area (Å²) in [6.45, 7) is 1.72. The van der Waals surface area contributed by atoms with Crippen molar-refractivity contribution < 1.29 is 9.47 Å². The van der Waals surface area contributed by atoms with Gasteiger partial charge in [-0.1, -0.05) is 0 Å². The Morgan fingerprint density at radius 2 is 2.38 bits per heavy atom. The SMILES string of the molecule is C1OC2COCC2S1. The molecule has 0 amide bonds. The largest absolute Gasteiger partial charge is 0.377 e. The van der Waals surface area contributed by atoms with E-state index in [1.807, 2.05) is 11.8 Å².